The van der Waals surface area contributed by atoms with Crippen molar-refractivity contribution in [2.45, 2.75) is 0 Å². The van der Waals surface area contributed by atoms with Crippen LogP contribution in [0.1, 0.15) is 5.56 Å². The topological polar surface area (TPSA) is 43.1 Å². The summed E-state index contributed by atoms with van der Waals surface area (Å²) in [5.41, 5.74) is 2.61. The summed E-state index contributed by atoms with van der Waals surface area (Å²) < 4.78 is 0. The average Bonchev–Trinajstić information content (AvgIpc) is 2.80. The van der Waals surface area contributed by atoms with E-state index in [-0.39, 0.29) is 0 Å². The molecule has 0 aliphatic carbocycles. The van der Waals surface area contributed by atoms with Crippen molar-refractivity contribution in [2.24, 2.45) is 5.10 Å². The Morgan fingerprint density at radius 3 is 2.89 bits per heavy atom. The van der Waals surface area contributed by atoms with E-state index < -0.39 is 0 Å². The van der Waals surface area contributed by atoms with Crippen LogP contribution in [-0.4, -0.2) is 21.3 Å². The summed E-state index contributed by atoms with van der Waals surface area (Å²) in [6.07, 6.45) is 1.70. The Morgan fingerprint density at radius 2 is 2.00 bits per heavy atom. The monoisotopic (exact) mass is 256 g/mol. The lowest BCUT2D eigenvalue weighted by molar-refractivity contribution is 0.718. The first-order valence-corrected chi connectivity index (χ1v) is 5.81. The van der Waals surface area contributed by atoms with E-state index in [2.05, 4.69) is 15.4 Å². The van der Waals surface area contributed by atoms with Gasteiger partial charge in [-0.25, -0.2) is 0 Å². The van der Waals surface area contributed by atoms with Gasteiger partial charge in [0.25, 0.3) is 0 Å². The molecule has 0 spiro atoms. The van der Waals surface area contributed by atoms with Gasteiger partial charge >= 0.3 is 0 Å². The summed E-state index contributed by atoms with van der Waals surface area (Å²) in [6.45, 7) is 0. The minimum absolute atomic E-state index is 0.683. The van der Waals surface area contributed by atoms with E-state index in [1.807, 2.05) is 48.5 Å². The number of hydrogen-bond donors (Lipinski definition) is 0. The van der Waals surface area contributed by atoms with Crippen molar-refractivity contribution in [3.8, 4) is 0 Å². The van der Waals surface area contributed by atoms with Crippen LogP contribution in [-0.2, 0) is 0 Å². The third kappa shape index (κ3) is 2.10. The van der Waals surface area contributed by atoms with Crippen LogP contribution < -0.4 is 0 Å². The zero-order valence-electron chi connectivity index (χ0n) is 9.36. The van der Waals surface area contributed by atoms with E-state index in [9.17, 15) is 0 Å². The molecule has 0 N–H and O–H groups in total. The van der Waals surface area contributed by atoms with Crippen LogP contribution in [0.2, 0.25) is 5.02 Å². The minimum Gasteiger partial charge on any atom is -0.156 e. The summed E-state index contributed by atoms with van der Waals surface area (Å²) >= 11 is 5.90. The number of hydrogen-bond acceptors (Lipinski definition) is 3. The van der Waals surface area contributed by atoms with Crippen molar-refractivity contribution < 1.29 is 0 Å². The van der Waals surface area contributed by atoms with Gasteiger partial charge in [-0.3, -0.25) is 0 Å². The SMILES string of the molecule is Clc1cccc(C=Nn2nnc3ccccc32)c1. The maximum Gasteiger partial charge on any atom is 0.115 e. The molecule has 0 fully saturated rings. The molecule has 3 aromatic rings. The summed E-state index contributed by atoms with van der Waals surface area (Å²) in [6, 6.07) is 15.1. The molecule has 0 amide bonds. The van der Waals surface area contributed by atoms with Crippen LogP contribution in [0.5, 0.6) is 0 Å². The molecule has 0 radical (unpaired) electrons. The van der Waals surface area contributed by atoms with Crippen LogP contribution in [0.25, 0.3) is 11.0 Å². The lowest BCUT2D eigenvalue weighted by Gasteiger charge is -1.94. The van der Waals surface area contributed by atoms with Gasteiger partial charge in [0.15, 0.2) is 0 Å². The molecule has 5 heteroatoms. The van der Waals surface area contributed by atoms with E-state index in [1.165, 1.54) is 4.79 Å². The number of rotatable bonds is 2. The Hall–Kier alpha value is -2.20. The largest absolute Gasteiger partial charge is 0.156 e. The van der Waals surface area contributed by atoms with Gasteiger partial charge in [0, 0.05) is 5.02 Å². The summed E-state index contributed by atoms with van der Waals surface area (Å²) in [5.74, 6) is 0. The highest BCUT2D eigenvalue weighted by Crippen LogP contribution is 2.11. The van der Waals surface area contributed by atoms with Gasteiger partial charge in [0.1, 0.15) is 11.0 Å². The molecule has 1 aromatic heterocycles. The summed E-state index contributed by atoms with van der Waals surface area (Å²) in [5, 5.41) is 12.9. The molecule has 0 aliphatic heterocycles. The standard InChI is InChI=1S/C13H9ClN4/c14-11-5-3-4-10(8-11)9-15-18-13-7-2-1-6-12(13)16-17-18/h1-9H. The molecule has 1 heterocycles. The second-order valence-corrected chi connectivity index (χ2v) is 4.20. The van der Waals surface area contributed by atoms with Crippen LogP contribution in [0, 0.1) is 0 Å². The number of fused-ring (bicyclic) bond motifs is 1. The van der Waals surface area contributed by atoms with Gasteiger partial charge in [-0.05, 0) is 35.0 Å². The molecule has 88 valence electrons. The Labute approximate surface area is 108 Å². The molecule has 0 saturated heterocycles. The van der Waals surface area contributed by atoms with Crippen molar-refractivity contribution in [3.05, 3.63) is 59.1 Å². The van der Waals surface area contributed by atoms with Crippen molar-refractivity contribution in [1.29, 1.82) is 0 Å². The normalized spacial score (nSPS) is 11.4. The maximum absolute atomic E-state index is 5.90. The predicted molar refractivity (Wildman–Crippen MR) is 72.0 cm³/mol. The van der Waals surface area contributed by atoms with Crippen molar-refractivity contribution in [3.63, 3.8) is 0 Å². The number of para-hydroxylation sites is 1. The van der Waals surface area contributed by atoms with Gasteiger partial charge in [-0.2, -0.15) is 5.10 Å². The summed E-state index contributed by atoms with van der Waals surface area (Å²) in [7, 11) is 0. The van der Waals surface area contributed by atoms with E-state index in [1.54, 1.807) is 6.21 Å². The number of benzene rings is 2. The molecule has 4 nitrogen and oxygen atoms in total. The van der Waals surface area contributed by atoms with E-state index >= 15 is 0 Å². The number of nitrogens with zero attached hydrogens (tertiary/aromatic N) is 4. The number of aromatic nitrogens is 3. The van der Waals surface area contributed by atoms with Gasteiger partial charge in [-0.15, -0.1) is 9.89 Å². The second-order valence-electron chi connectivity index (χ2n) is 3.77. The second kappa shape index (κ2) is 4.58. The van der Waals surface area contributed by atoms with Gasteiger partial charge < -0.3 is 0 Å². The molecule has 0 saturated carbocycles. The predicted octanol–water partition coefficient (Wildman–Crippen LogP) is 2.97. The third-order valence-electron chi connectivity index (χ3n) is 2.50. The Bertz CT molecular complexity index is 718. The maximum atomic E-state index is 5.90. The first kappa shape index (κ1) is 10.9. The molecule has 0 unspecified atom stereocenters. The smallest absolute Gasteiger partial charge is 0.115 e. The Kier molecular flexibility index (Phi) is 2.78. The molecular formula is C13H9ClN4. The van der Waals surface area contributed by atoms with E-state index in [0.29, 0.717) is 5.02 Å². The zero-order chi connectivity index (χ0) is 12.4. The van der Waals surface area contributed by atoms with Crippen LogP contribution in [0.4, 0.5) is 0 Å². The molecular weight excluding hydrogens is 248 g/mol. The zero-order valence-corrected chi connectivity index (χ0v) is 10.1. The van der Waals surface area contributed by atoms with E-state index in [4.69, 9.17) is 11.6 Å². The third-order valence-corrected chi connectivity index (χ3v) is 2.73. The highest BCUT2D eigenvalue weighted by Gasteiger charge is 2.00. The molecule has 18 heavy (non-hydrogen) atoms. The quantitative estimate of drug-likeness (QED) is 0.662. The van der Waals surface area contributed by atoms with Crippen molar-refractivity contribution in [1.82, 2.24) is 15.1 Å². The fourth-order valence-electron chi connectivity index (χ4n) is 1.65. The lowest BCUT2D eigenvalue weighted by Crippen LogP contribution is -1.93. The summed E-state index contributed by atoms with van der Waals surface area (Å²) in [4.78, 5) is 1.50. The highest BCUT2D eigenvalue weighted by molar-refractivity contribution is 6.30. The molecule has 0 atom stereocenters. The van der Waals surface area contributed by atoms with Gasteiger partial charge in [0.05, 0.1) is 6.21 Å². The number of halogens is 1. The molecule has 0 bridgehead atoms. The first-order chi connectivity index (χ1) is 8.83. The van der Waals surface area contributed by atoms with Crippen molar-refractivity contribution >= 4 is 28.8 Å². The molecule has 3 rings (SSSR count). The molecule has 0 aliphatic rings. The molecule has 2 aromatic carbocycles. The highest BCUT2D eigenvalue weighted by atomic mass is 35.5. The van der Waals surface area contributed by atoms with Crippen molar-refractivity contribution in [2.75, 3.05) is 0 Å². The van der Waals surface area contributed by atoms with Gasteiger partial charge in [-0.1, -0.05) is 35.9 Å². The van der Waals surface area contributed by atoms with Crippen LogP contribution in [0.3, 0.4) is 0 Å². The Balaban J connectivity index is 1.97. The fourth-order valence-corrected chi connectivity index (χ4v) is 1.85. The fraction of sp³-hybridized carbons (Fsp3) is 0. The minimum atomic E-state index is 0.683. The lowest BCUT2D eigenvalue weighted by atomic mass is 10.2. The van der Waals surface area contributed by atoms with E-state index in [0.717, 1.165) is 16.6 Å². The van der Waals surface area contributed by atoms with Gasteiger partial charge in [0.2, 0.25) is 0 Å². The van der Waals surface area contributed by atoms with Crippen LogP contribution >= 0.6 is 11.6 Å². The Morgan fingerprint density at radius 1 is 1.11 bits per heavy atom. The first-order valence-electron chi connectivity index (χ1n) is 5.43. The average molecular weight is 257 g/mol. The van der Waals surface area contributed by atoms with Crippen LogP contribution in [0.15, 0.2) is 53.6 Å².